The van der Waals surface area contributed by atoms with E-state index in [2.05, 4.69) is 15.9 Å². The number of nitrogens with two attached hydrogens (primary N) is 1. The van der Waals surface area contributed by atoms with E-state index in [-0.39, 0.29) is 6.61 Å². The van der Waals surface area contributed by atoms with Gasteiger partial charge in [0.2, 0.25) is 0 Å². The molecule has 88 valence electrons. The van der Waals surface area contributed by atoms with E-state index in [0.29, 0.717) is 17.2 Å². The Morgan fingerprint density at radius 3 is 2.59 bits per heavy atom. The molecule has 0 bridgehead atoms. The summed E-state index contributed by atoms with van der Waals surface area (Å²) in [4.78, 5) is 0. The summed E-state index contributed by atoms with van der Waals surface area (Å²) in [5.41, 5.74) is 7.06. The van der Waals surface area contributed by atoms with Gasteiger partial charge in [-0.3, -0.25) is 0 Å². The minimum atomic E-state index is -0.0528. The van der Waals surface area contributed by atoms with Crippen molar-refractivity contribution in [1.29, 1.82) is 0 Å². The fourth-order valence-electron chi connectivity index (χ4n) is 1.45. The van der Waals surface area contributed by atoms with Gasteiger partial charge in [0.15, 0.2) is 0 Å². The van der Waals surface area contributed by atoms with E-state index in [9.17, 15) is 5.11 Å². The molecule has 4 heteroatoms. The molecule has 0 atom stereocenters. The summed E-state index contributed by atoms with van der Waals surface area (Å²) >= 11 is 3.38. The van der Waals surface area contributed by atoms with Gasteiger partial charge in [0.25, 0.3) is 0 Å². The number of para-hydroxylation sites is 1. The molecular formula is C13H12BrNO2. The third-order valence-electron chi connectivity index (χ3n) is 2.32. The number of aliphatic hydroxyl groups excluding tert-OH is 1. The molecule has 2 aromatic rings. The van der Waals surface area contributed by atoms with E-state index >= 15 is 0 Å². The molecule has 17 heavy (non-hydrogen) atoms. The van der Waals surface area contributed by atoms with Gasteiger partial charge in [-0.1, -0.05) is 18.2 Å². The minimum Gasteiger partial charge on any atom is -0.456 e. The quantitative estimate of drug-likeness (QED) is 0.854. The maximum atomic E-state index is 9.20. The second-order valence-corrected chi connectivity index (χ2v) is 4.41. The molecule has 0 aliphatic carbocycles. The van der Waals surface area contributed by atoms with Gasteiger partial charge >= 0.3 is 0 Å². The maximum Gasteiger partial charge on any atom is 0.141 e. The molecule has 3 nitrogen and oxygen atoms in total. The number of hydrogen-bond donors (Lipinski definition) is 2. The van der Waals surface area contributed by atoms with Gasteiger partial charge in [0, 0.05) is 11.3 Å². The second-order valence-electron chi connectivity index (χ2n) is 3.56. The molecule has 2 aromatic carbocycles. The van der Waals surface area contributed by atoms with Crippen molar-refractivity contribution in [2.45, 2.75) is 6.61 Å². The summed E-state index contributed by atoms with van der Waals surface area (Å²) in [6.07, 6.45) is 0. The Hall–Kier alpha value is -1.52. The molecule has 0 unspecified atom stereocenters. The van der Waals surface area contributed by atoms with Gasteiger partial charge in [-0.15, -0.1) is 0 Å². The lowest BCUT2D eigenvalue weighted by atomic mass is 10.2. The van der Waals surface area contributed by atoms with Crippen LogP contribution in [0.15, 0.2) is 46.9 Å². The van der Waals surface area contributed by atoms with Gasteiger partial charge in [-0.25, -0.2) is 0 Å². The van der Waals surface area contributed by atoms with Crippen LogP contribution in [0.25, 0.3) is 0 Å². The summed E-state index contributed by atoms with van der Waals surface area (Å²) in [5, 5.41) is 9.20. The van der Waals surface area contributed by atoms with E-state index in [0.717, 1.165) is 10.0 Å². The summed E-state index contributed by atoms with van der Waals surface area (Å²) in [6, 6.07) is 12.7. The van der Waals surface area contributed by atoms with Crippen LogP contribution in [0, 0.1) is 0 Å². The molecule has 0 heterocycles. The number of halogens is 1. The highest BCUT2D eigenvalue weighted by Crippen LogP contribution is 2.32. The van der Waals surface area contributed by atoms with Crippen LogP contribution in [-0.4, -0.2) is 5.11 Å². The third-order valence-corrected chi connectivity index (χ3v) is 2.94. The normalized spacial score (nSPS) is 10.2. The van der Waals surface area contributed by atoms with E-state index in [1.54, 1.807) is 18.2 Å². The lowest BCUT2D eigenvalue weighted by Gasteiger charge is -2.11. The second kappa shape index (κ2) is 5.21. The molecule has 0 aliphatic rings. The Morgan fingerprint density at radius 1 is 1.12 bits per heavy atom. The number of benzene rings is 2. The highest BCUT2D eigenvalue weighted by atomic mass is 79.9. The maximum absolute atomic E-state index is 9.20. The Kier molecular flexibility index (Phi) is 3.66. The van der Waals surface area contributed by atoms with Crippen LogP contribution >= 0.6 is 15.9 Å². The molecule has 0 radical (unpaired) electrons. The first-order valence-corrected chi connectivity index (χ1v) is 5.91. The molecule has 0 aromatic heterocycles. The van der Waals surface area contributed by atoms with Crippen molar-refractivity contribution < 1.29 is 9.84 Å². The van der Waals surface area contributed by atoms with Gasteiger partial charge in [-0.2, -0.15) is 0 Å². The fraction of sp³-hybridized carbons (Fsp3) is 0.0769. The van der Waals surface area contributed by atoms with Gasteiger partial charge < -0.3 is 15.6 Å². The topological polar surface area (TPSA) is 55.5 Å². The van der Waals surface area contributed by atoms with Crippen LogP contribution in [0.1, 0.15) is 5.56 Å². The van der Waals surface area contributed by atoms with Crippen molar-refractivity contribution in [2.75, 3.05) is 5.73 Å². The zero-order valence-corrected chi connectivity index (χ0v) is 10.6. The Morgan fingerprint density at radius 2 is 1.88 bits per heavy atom. The van der Waals surface area contributed by atoms with Crippen LogP contribution < -0.4 is 10.5 Å². The molecule has 3 N–H and O–H groups in total. The first-order valence-electron chi connectivity index (χ1n) is 5.12. The largest absolute Gasteiger partial charge is 0.456 e. The minimum absolute atomic E-state index is 0.0528. The van der Waals surface area contributed by atoms with Crippen molar-refractivity contribution in [1.82, 2.24) is 0 Å². The average molecular weight is 294 g/mol. The van der Waals surface area contributed by atoms with Crippen molar-refractivity contribution in [2.24, 2.45) is 0 Å². The Labute approximate surface area is 108 Å². The molecule has 0 saturated heterocycles. The van der Waals surface area contributed by atoms with Crippen molar-refractivity contribution in [3.63, 3.8) is 0 Å². The summed E-state index contributed by atoms with van der Waals surface area (Å²) in [7, 11) is 0. The Bertz CT molecular complexity index is 529. The van der Waals surface area contributed by atoms with Crippen molar-refractivity contribution in [3.05, 3.63) is 52.5 Å². The molecule has 0 aliphatic heterocycles. The zero-order valence-electron chi connectivity index (χ0n) is 9.06. The number of hydrogen-bond acceptors (Lipinski definition) is 3. The standard InChI is InChI=1S/C13H12BrNO2/c14-11-7-10(15)5-6-13(11)17-12-4-2-1-3-9(12)8-16/h1-7,16H,8,15H2. The number of nitrogen functional groups attached to an aromatic ring is 1. The van der Waals surface area contributed by atoms with Gasteiger partial charge in [0.1, 0.15) is 11.5 Å². The highest BCUT2D eigenvalue weighted by molar-refractivity contribution is 9.10. The number of anilines is 1. The van der Waals surface area contributed by atoms with Crippen molar-refractivity contribution >= 4 is 21.6 Å². The molecule has 0 spiro atoms. The molecule has 0 saturated carbocycles. The lowest BCUT2D eigenvalue weighted by Crippen LogP contribution is -1.92. The van der Waals surface area contributed by atoms with Gasteiger partial charge in [-0.05, 0) is 40.2 Å². The monoisotopic (exact) mass is 293 g/mol. The van der Waals surface area contributed by atoms with E-state index in [1.165, 1.54) is 0 Å². The van der Waals surface area contributed by atoms with Crippen LogP contribution in [0.2, 0.25) is 0 Å². The first-order chi connectivity index (χ1) is 8.20. The van der Waals surface area contributed by atoms with E-state index < -0.39 is 0 Å². The molecular weight excluding hydrogens is 282 g/mol. The van der Waals surface area contributed by atoms with Crippen LogP contribution in [0.4, 0.5) is 5.69 Å². The molecule has 0 fully saturated rings. The van der Waals surface area contributed by atoms with Crippen LogP contribution in [0.5, 0.6) is 11.5 Å². The summed E-state index contributed by atoms with van der Waals surface area (Å²) in [6.45, 7) is -0.0528. The summed E-state index contributed by atoms with van der Waals surface area (Å²) < 4.78 is 6.51. The fourth-order valence-corrected chi connectivity index (χ4v) is 1.93. The van der Waals surface area contributed by atoms with Crippen LogP contribution in [0.3, 0.4) is 0 Å². The van der Waals surface area contributed by atoms with Crippen LogP contribution in [-0.2, 0) is 6.61 Å². The third kappa shape index (κ3) is 2.78. The number of ether oxygens (including phenoxy) is 1. The average Bonchev–Trinajstić information content (AvgIpc) is 2.33. The molecule has 2 rings (SSSR count). The lowest BCUT2D eigenvalue weighted by molar-refractivity contribution is 0.276. The van der Waals surface area contributed by atoms with E-state index in [1.807, 2.05) is 24.3 Å². The molecule has 0 amide bonds. The SMILES string of the molecule is Nc1ccc(Oc2ccccc2CO)c(Br)c1. The smallest absolute Gasteiger partial charge is 0.141 e. The Balaban J connectivity index is 2.31. The zero-order chi connectivity index (χ0) is 12.3. The number of rotatable bonds is 3. The number of aliphatic hydroxyl groups is 1. The van der Waals surface area contributed by atoms with Gasteiger partial charge in [0.05, 0.1) is 11.1 Å². The van der Waals surface area contributed by atoms with Crippen molar-refractivity contribution in [3.8, 4) is 11.5 Å². The summed E-state index contributed by atoms with van der Waals surface area (Å²) in [5.74, 6) is 1.31. The highest BCUT2D eigenvalue weighted by Gasteiger charge is 2.06. The predicted molar refractivity (Wildman–Crippen MR) is 71.0 cm³/mol. The first kappa shape index (κ1) is 12.0. The predicted octanol–water partition coefficient (Wildman–Crippen LogP) is 3.32. The van der Waals surface area contributed by atoms with E-state index in [4.69, 9.17) is 10.5 Å².